The molecule has 0 radical (unpaired) electrons. The Hall–Kier alpha value is -0.840. The van der Waals surface area contributed by atoms with Crippen molar-refractivity contribution in [3.05, 3.63) is 24.2 Å². The van der Waals surface area contributed by atoms with Crippen molar-refractivity contribution in [2.75, 3.05) is 13.2 Å². The van der Waals surface area contributed by atoms with Crippen molar-refractivity contribution in [2.45, 2.75) is 51.4 Å². The van der Waals surface area contributed by atoms with Gasteiger partial charge in [0.05, 0.1) is 31.6 Å². The second-order valence-electron chi connectivity index (χ2n) is 5.50. The number of furan rings is 1. The number of rotatable bonds is 7. The van der Waals surface area contributed by atoms with Crippen LogP contribution in [0.5, 0.6) is 0 Å². The average Bonchev–Trinajstić information content (AvgIpc) is 2.91. The number of hydrogen-bond acceptors (Lipinski definition) is 4. The highest BCUT2D eigenvalue weighted by Crippen LogP contribution is 2.26. The van der Waals surface area contributed by atoms with Gasteiger partial charge in [-0.05, 0) is 30.9 Å². The van der Waals surface area contributed by atoms with Crippen molar-refractivity contribution in [2.24, 2.45) is 5.92 Å². The lowest BCUT2D eigenvalue weighted by Crippen LogP contribution is -2.34. The third-order valence-corrected chi connectivity index (χ3v) is 3.79. The quantitative estimate of drug-likeness (QED) is 0.796. The largest absolute Gasteiger partial charge is 0.468 e. The van der Waals surface area contributed by atoms with E-state index in [4.69, 9.17) is 9.15 Å². The minimum atomic E-state index is -0.455. The van der Waals surface area contributed by atoms with Crippen molar-refractivity contribution in [3.8, 4) is 0 Å². The van der Waals surface area contributed by atoms with Crippen LogP contribution < -0.4 is 5.32 Å². The molecule has 1 fully saturated rings. The predicted molar refractivity (Wildman–Crippen MR) is 73.8 cm³/mol. The SMILES string of the molecule is CC1CCCCC1OCC(O)CNCc1ccco1. The maximum Gasteiger partial charge on any atom is 0.117 e. The van der Waals surface area contributed by atoms with Gasteiger partial charge in [-0.25, -0.2) is 0 Å². The summed E-state index contributed by atoms with van der Waals surface area (Å²) in [4.78, 5) is 0. The van der Waals surface area contributed by atoms with E-state index in [0.29, 0.717) is 31.7 Å². The first-order chi connectivity index (χ1) is 9.25. The molecule has 0 spiro atoms. The van der Waals surface area contributed by atoms with Crippen LogP contribution in [0.1, 0.15) is 38.4 Å². The monoisotopic (exact) mass is 267 g/mol. The van der Waals surface area contributed by atoms with Crippen molar-refractivity contribution < 1.29 is 14.3 Å². The van der Waals surface area contributed by atoms with Gasteiger partial charge in [0.15, 0.2) is 0 Å². The minimum Gasteiger partial charge on any atom is -0.468 e. The van der Waals surface area contributed by atoms with E-state index in [9.17, 15) is 5.11 Å². The van der Waals surface area contributed by atoms with E-state index in [1.165, 1.54) is 19.3 Å². The molecule has 0 saturated heterocycles. The Morgan fingerprint density at radius 3 is 3.05 bits per heavy atom. The highest BCUT2D eigenvalue weighted by Gasteiger charge is 2.22. The van der Waals surface area contributed by atoms with Crippen LogP contribution in [-0.2, 0) is 11.3 Å². The van der Waals surface area contributed by atoms with E-state index in [2.05, 4.69) is 12.2 Å². The molecule has 1 aliphatic carbocycles. The summed E-state index contributed by atoms with van der Waals surface area (Å²) >= 11 is 0. The third kappa shape index (κ3) is 4.97. The molecular weight excluding hydrogens is 242 g/mol. The molecule has 2 rings (SSSR count). The zero-order chi connectivity index (χ0) is 13.5. The lowest BCUT2D eigenvalue weighted by atomic mass is 9.88. The summed E-state index contributed by atoms with van der Waals surface area (Å²) < 4.78 is 11.0. The summed E-state index contributed by atoms with van der Waals surface area (Å²) in [5, 5.41) is 13.0. The normalized spacial score (nSPS) is 25.4. The van der Waals surface area contributed by atoms with E-state index >= 15 is 0 Å². The fourth-order valence-corrected chi connectivity index (χ4v) is 2.60. The molecule has 2 N–H and O–H groups in total. The van der Waals surface area contributed by atoms with E-state index in [1.54, 1.807) is 6.26 Å². The molecule has 0 aromatic carbocycles. The lowest BCUT2D eigenvalue weighted by Gasteiger charge is -2.29. The Kier molecular flexibility index (Phi) is 5.89. The van der Waals surface area contributed by atoms with Gasteiger partial charge in [-0.2, -0.15) is 0 Å². The van der Waals surface area contributed by atoms with Gasteiger partial charge in [-0.3, -0.25) is 0 Å². The van der Waals surface area contributed by atoms with E-state index in [1.807, 2.05) is 12.1 Å². The van der Waals surface area contributed by atoms with Gasteiger partial charge in [0.1, 0.15) is 5.76 Å². The summed E-state index contributed by atoms with van der Waals surface area (Å²) in [5.74, 6) is 1.51. The average molecular weight is 267 g/mol. The molecule has 0 amide bonds. The van der Waals surface area contributed by atoms with E-state index in [0.717, 1.165) is 12.2 Å². The second-order valence-corrected chi connectivity index (χ2v) is 5.50. The summed E-state index contributed by atoms with van der Waals surface area (Å²) in [5.41, 5.74) is 0. The van der Waals surface area contributed by atoms with Crippen molar-refractivity contribution in [1.29, 1.82) is 0 Å². The molecule has 4 heteroatoms. The maximum absolute atomic E-state index is 9.88. The molecule has 0 bridgehead atoms. The number of aliphatic hydroxyl groups excluding tert-OH is 1. The predicted octanol–water partition coefficient (Wildman–Crippen LogP) is 2.33. The van der Waals surface area contributed by atoms with Crippen LogP contribution in [-0.4, -0.2) is 30.5 Å². The van der Waals surface area contributed by atoms with Crippen LogP contribution in [0.25, 0.3) is 0 Å². The topological polar surface area (TPSA) is 54.6 Å². The molecule has 0 aliphatic heterocycles. The van der Waals surface area contributed by atoms with Gasteiger partial charge in [-0.15, -0.1) is 0 Å². The fraction of sp³-hybridized carbons (Fsp3) is 0.733. The second kappa shape index (κ2) is 7.68. The van der Waals surface area contributed by atoms with Crippen LogP contribution in [0.2, 0.25) is 0 Å². The molecule has 19 heavy (non-hydrogen) atoms. The van der Waals surface area contributed by atoms with Crippen LogP contribution in [0, 0.1) is 5.92 Å². The molecule has 3 atom stereocenters. The molecule has 1 heterocycles. The first kappa shape index (κ1) is 14.6. The number of aliphatic hydroxyl groups is 1. The van der Waals surface area contributed by atoms with Gasteiger partial charge in [0.25, 0.3) is 0 Å². The molecule has 1 saturated carbocycles. The molecule has 4 nitrogen and oxygen atoms in total. The summed E-state index contributed by atoms with van der Waals surface area (Å²) in [6.07, 6.45) is 6.47. The van der Waals surface area contributed by atoms with Gasteiger partial charge < -0.3 is 19.6 Å². The Labute approximate surface area is 115 Å². The lowest BCUT2D eigenvalue weighted by molar-refractivity contribution is -0.0452. The Morgan fingerprint density at radius 2 is 2.32 bits per heavy atom. The Bertz CT molecular complexity index is 339. The van der Waals surface area contributed by atoms with Crippen LogP contribution in [0.15, 0.2) is 22.8 Å². The summed E-state index contributed by atoms with van der Waals surface area (Å²) in [6, 6.07) is 3.78. The molecule has 1 aliphatic rings. The van der Waals surface area contributed by atoms with Crippen molar-refractivity contribution in [3.63, 3.8) is 0 Å². The fourth-order valence-electron chi connectivity index (χ4n) is 2.60. The molecule has 3 unspecified atom stereocenters. The summed E-state index contributed by atoms with van der Waals surface area (Å²) in [6.45, 7) is 3.83. The maximum atomic E-state index is 9.88. The van der Waals surface area contributed by atoms with Gasteiger partial charge in [0, 0.05) is 6.54 Å². The molecule has 1 aromatic rings. The number of nitrogens with one attached hydrogen (secondary N) is 1. The molecule has 1 aromatic heterocycles. The first-order valence-corrected chi connectivity index (χ1v) is 7.28. The highest BCUT2D eigenvalue weighted by atomic mass is 16.5. The molecular formula is C15H25NO3. The van der Waals surface area contributed by atoms with Gasteiger partial charge in [-0.1, -0.05) is 19.8 Å². The standard InChI is InChI=1S/C15H25NO3/c1-12-5-2-3-7-15(12)19-11-13(17)9-16-10-14-6-4-8-18-14/h4,6,8,12-13,15-17H,2-3,5,7,9-11H2,1H3. The molecule has 108 valence electrons. The van der Waals surface area contributed by atoms with Crippen LogP contribution >= 0.6 is 0 Å². The number of hydrogen-bond donors (Lipinski definition) is 2. The number of ether oxygens (including phenoxy) is 1. The smallest absolute Gasteiger partial charge is 0.117 e. The Morgan fingerprint density at radius 1 is 1.47 bits per heavy atom. The van der Waals surface area contributed by atoms with Crippen LogP contribution in [0.3, 0.4) is 0 Å². The first-order valence-electron chi connectivity index (χ1n) is 7.28. The van der Waals surface area contributed by atoms with Gasteiger partial charge >= 0.3 is 0 Å². The highest BCUT2D eigenvalue weighted by molar-refractivity contribution is 4.97. The van der Waals surface area contributed by atoms with E-state index in [-0.39, 0.29) is 0 Å². The van der Waals surface area contributed by atoms with E-state index < -0.39 is 6.10 Å². The van der Waals surface area contributed by atoms with Crippen LogP contribution in [0.4, 0.5) is 0 Å². The van der Waals surface area contributed by atoms with Crippen molar-refractivity contribution >= 4 is 0 Å². The third-order valence-electron chi connectivity index (χ3n) is 3.79. The van der Waals surface area contributed by atoms with Crippen molar-refractivity contribution in [1.82, 2.24) is 5.32 Å². The minimum absolute atomic E-state index is 0.327. The Balaban J connectivity index is 1.57. The van der Waals surface area contributed by atoms with Gasteiger partial charge in [0.2, 0.25) is 0 Å². The zero-order valence-electron chi connectivity index (χ0n) is 11.7. The summed E-state index contributed by atoms with van der Waals surface area (Å²) in [7, 11) is 0. The zero-order valence-corrected chi connectivity index (χ0v) is 11.7.